The van der Waals surface area contributed by atoms with E-state index in [9.17, 15) is 4.79 Å². The third-order valence-electron chi connectivity index (χ3n) is 2.84. The van der Waals surface area contributed by atoms with Gasteiger partial charge in [-0.05, 0) is 36.4 Å². The highest BCUT2D eigenvalue weighted by molar-refractivity contribution is 6.38. The van der Waals surface area contributed by atoms with E-state index in [-0.39, 0.29) is 5.78 Å². The number of hydrogen-bond acceptors (Lipinski definition) is 3. The normalized spacial score (nSPS) is 10.2. The Bertz CT molecular complexity index is 598. The molecule has 0 N–H and O–H groups in total. The third-order valence-corrected chi connectivity index (χ3v) is 3.47. The average Bonchev–Trinajstić information content (AvgIpc) is 2.46. The minimum atomic E-state index is -0.245. The van der Waals surface area contributed by atoms with Crippen LogP contribution in [0.3, 0.4) is 0 Å². The first-order chi connectivity index (χ1) is 9.56. The zero-order chi connectivity index (χ0) is 14.7. The summed E-state index contributed by atoms with van der Waals surface area (Å²) in [6.07, 6.45) is 0. The van der Waals surface area contributed by atoms with Crippen molar-refractivity contribution in [2.45, 2.75) is 0 Å². The van der Waals surface area contributed by atoms with Gasteiger partial charge in [0, 0.05) is 11.1 Å². The molecule has 2 aromatic carbocycles. The van der Waals surface area contributed by atoms with E-state index in [1.165, 1.54) is 14.2 Å². The highest BCUT2D eigenvalue weighted by Crippen LogP contribution is 2.29. The van der Waals surface area contributed by atoms with Gasteiger partial charge < -0.3 is 9.47 Å². The molecule has 0 bridgehead atoms. The zero-order valence-electron chi connectivity index (χ0n) is 10.9. The minimum Gasteiger partial charge on any atom is -0.497 e. The first-order valence-electron chi connectivity index (χ1n) is 5.78. The average molecular weight is 311 g/mol. The summed E-state index contributed by atoms with van der Waals surface area (Å²) in [6, 6.07) is 9.76. The Balaban J connectivity index is 2.41. The van der Waals surface area contributed by atoms with Crippen LogP contribution in [0.4, 0.5) is 0 Å². The Morgan fingerprint density at radius 3 is 1.55 bits per heavy atom. The Morgan fingerprint density at radius 2 is 1.25 bits per heavy atom. The number of ether oxygens (including phenoxy) is 2. The van der Waals surface area contributed by atoms with Gasteiger partial charge in [0.15, 0.2) is 5.78 Å². The van der Waals surface area contributed by atoms with Gasteiger partial charge in [0.2, 0.25) is 0 Å². The van der Waals surface area contributed by atoms with Gasteiger partial charge in [0.1, 0.15) is 11.5 Å². The molecule has 0 aromatic heterocycles. The highest BCUT2D eigenvalue weighted by Gasteiger charge is 2.16. The van der Waals surface area contributed by atoms with Crippen molar-refractivity contribution in [2.24, 2.45) is 0 Å². The molecule has 0 aliphatic carbocycles. The van der Waals surface area contributed by atoms with Crippen molar-refractivity contribution in [3.05, 3.63) is 57.6 Å². The number of carbonyl (C=O) groups is 1. The van der Waals surface area contributed by atoms with Crippen molar-refractivity contribution in [2.75, 3.05) is 14.2 Å². The smallest absolute Gasteiger partial charge is 0.196 e. The maximum atomic E-state index is 12.4. The first kappa shape index (κ1) is 14.7. The molecule has 0 heterocycles. The lowest BCUT2D eigenvalue weighted by molar-refractivity contribution is 0.103. The number of halogens is 2. The van der Waals surface area contributed by atoms with Crippen LogP contribution in [-0.2, 0) is 0 Å². The number of benzene rings is 2. The maximum absolute atomic E-state index is 12.4. The van der Waals surface area contributed by atoms with E-state index in [1.807, 2.05) is 0 Å². The molecule has 0 amide bonds. The van der Waals surface area contributed by atoms with E-state index >= 15 is 0 Å². The van der Waals surface area contributed by atoms with Gasteiger partial charge >= 0.3 is 0 Å². The van der Waals surface area contributed by atoms with E-state index in [0.29, 0.717) is 32.7 Å². The number of carbonyl (C=O) groups excluding carboxylic acids is 1. The Hall–Kier alpha value is -1.71. The quantitative estimate of drug-likeness (QED) is 0.792. The second-order valence-corrected chi connectivity index (χ2v) is 4.84. The van der Waals surface area contributed by atoms with Crippen molar-refractivity contribution in [1.82, 2.24) is 0 Å². The van der Waals surface area contributed by atoms with E-state index in [2.05, 4.69) is 0 Å². The minimum absolute atomic E-state index is 0.245. The van der Waals surface area contributed by atoms with Crippen LogP contribution in [0.1, 0.15) is 15.9 Å². The molecule has 2 aromatic rings. The Morgan fingerprint density at radius 1 is 0.850 bits per heavy atom. The standard InChI is InChI=1S/C15H12Cl2O3/c1-19-9-3-5-11(13(16)7-9)15(18)12-6-4-10(20-2)8-14(12)17/h3-8H,1-2H3. The second kappa shape index (κ2) is 6.16. The summed E-state index contributed by atoms with van der Waals surface area (Å²) >= 11 is 12.2. The molecular formula is C15H12Cl2O3. The predicted octanol–water partition coefficient (Wildman–Crippen LogP) is 4.24. The van der Waals surface area contributed by atoms with E-state index in [4.69, 9.17) is 32.7 Å². The molecule has 20 heavy (non-hydrogen) atoms. The predicted molar refractivity (Wildman–Crippen MR) is 79.4 cm³/mol. The largest absolute Gasteiger partial charge is 0.497 e. The molecule has 0 fully saturated rings. The Labute approximate surface area is 127 Å². The lowest BCUT2D eigenvalue weighted by Gasteiger charge is -2.08. The lowest BCUT2D eigenvalue weighted by atomic mass is 10.0. The molecule has 0 atom stereocenters. The summed E-state index contributed by atoms with van der Waals surface area (Å²) < 4.78 is 10.1. The van der Waals surface area contributed by atoms with Gasteiger partial charge in [-0.25, -0.2) is 0 Å². The Kier molecular flexibility index (Phi) is 4.53. The second-order valence-electron chi connectivity index (χ2n) is 4.02. The molecule has 5 heteroatoms. The van der Waals surface area contributed by atoms with E-state index in [1.54, 1.807) is 36.4 Å². The number of methoxy groups -OCH3 is 2. The van der Waals surface area contributed by atoms with E-state index in [0.717, 1.165) is 0 Å². The number of ketones is 1. The molecule has 104 valence electrons. The van der Waals surface area contributed by atoms with Crippen LogP contribution in [0, 0.1) is 0 Å². The topological polar surface area (TPSA) is 35.5 Å². The van der Waals surface area contributed by atoms with Gasteiger partial charge in [-0.2, -0.15) is 0 Å². The van der Waals surface area contributed by atoms with Crippen LogP contribution < -0.4 is 9.47 Å². The van der Waals surface area contributed by atoms with Gasteiger partial charge in [0.25, 0.3) is 0 Å². The number of hydrogen-bond donors (Lipinski definition) is 0. The van der Waals surface area contributed by atoms with Gasteiger partial charge in [-0.1, -0.05) is 23.2 Å². The van der Waals surface area contributed by atoms with Gasteiger partial charge in [-0.3, -0.25) is 4.79 Å². The third kappa shape index (κ3) is 2.89. The van der Waals surface area contributed by atoms with E-state index < -0.39 is 0 Å². The molecule has 0 aliphatic rings. The summed E-state index contributed by atoms with van der Waals surface area (Å²) in [7, 11) is 3.07. The number of rotatable bonds is 4. The molecule has 0 unspecified atom stereocenters. The van der Waals surface area contributed by atoms with Crippen LogP contribution in [0.25, 0.3) is 0 Å². The van der Waals surface area contributed by atoms with Crippen LogP contribution in [0.2, 0.25) is 10.0 Å². The zero-order valence-corrected chi connectivity index (χ0v) is 12.5. The monoisotopic (exact) mass is 310 g/mol. The molecule has 0 spiro atoms. The molecule has 0 saturated heterocycles. The molecule has 2 rings (SSSR count). The summed E-state index contributed by atoms with van der Waals surface area (Å²) in [5.41, 5.74) is 0.749. The van der Waals surface area contributed by atoms with Crippen LogP contribution in [0.15, 0.2) is 36.4 Å². The fraction of sp³-hybridized carbons (Fsp3) is 0.133. The van der Waals surface area contributed by atoms with Gasteiger partial charge in [0.05, 0.1) is 24.3 Å². The fourth-order valence-electron chi connectivity index (χ4n) is 1.76. The molecule has 0 aliphatic heterocycles. The SMILES string of the molecule is COc1ccc(C(=O)c2ccc(OC)cc2Cl)c(Cl)c1. The fourth-order valence-corrected chi connectivity index (χ4v) is 2.27. The maximum Gasteiger partial charge on any atom is 0.196 e. The molecule has 3 nitrogen and oxygen atoms in total. The van der Waals surface area contributed by atoms with Crippen molar-refractivity contribution in [1.29, 1.82) is 0 Å². The van der Waals surface area contributed by atoms with Crippen molar-refractivity contribution in [3.8, 4) is 11.5 Å². The summed E-state index contributed by atoms with van der Waals surface area (Å²) in [4.78, 5) is 12.4. The van der Waals surface area contributed by atoms with Gasteiger partial charge in [-0.15, -0.1) is 0 Å². The lowest BCUT2D eigenvalue weighted by Crippen LogP contribution is -2.03. The van der Waals surface area contributed by atoms with Crippen molar-refractivity contribution >= 4 is 29.0 Å². The molecule has 0 saturated carbocycles. The first-order valence-corrected chi connectivity index (χ1v) is 6.54. The highest BCUT2D eigenvalue weighted by atomic mass is 35.5. The van der Waals surface area contributed by atoms with Crippen molar-refractivity contribution in [3.63, 3.8) is 0 Å². The van der Waals surface area contributed by atoms with Crippen LogP contribution >= 0.6 is 23.2 Å². The summed E-state index contributed by atoms with van der Waals surface area (Å²) in [5, 5.41) is 0.641. The van der Waals surface area contributed by atoms with Crippen LogP contribution in [0.5, 0.6) is 11.5 Å². The van der Waals surface area contributed by atoms with Crippen molar-refractivity contribution < 1.29 is 14.3 Å². The summed E-state index contributed by atoms with van der Waals surface area (Å²) in [6.45, 7) is 0. The molecular weight excluding hydrogens is 299 g/mol. The molecule has 0 radical (unpaired) electrons. The van der Waals surface area contributed by atoms with Crippen LogP contribution in [-0.4, -0.2) is 20.0 Å². The summed E-state index contributed by atoms with van der Waals surface area (Å²) in [5.74, 6) is 0.935.